The van der Waals surface area contributed by atoms with E-state index in [4.69, 9.17) is 21.4 Å². The summed E-state index contributed by atoms with van der Waals surface area (Å²) >= 11 is 5.73. The number of halogens is 1. The van der Waals surface area contributed by atoms with E-state index < -0.39 is 0 Å². The van der Waals surface area contributed by atoms with Gasteiger partial charge in [0.1, 0.15) is 5.84 Å². The molecule has 5 nitrogen and oxygen atoms in total. The van der Waals surface area contributed by atoms with Crippen LogP contribution >= 0.6 is 11.6 Å². The molecule has 0 bridgehead atoms. The summed E-state index contributed by atoms with van der Waals surface area (Å²) in [4.78, 5) is 12.6. The first kappa shape index (κ1) is 21.3. The van der Waals surface area contributed by atoms with Crippen LogP contribution in [0.25, 0.3) is 0 Å². The second-order valence-electron chi connectivity index (χ2n) is 7.31. The van der Waals surface area contributed by atoms with E-state index in [9.17, 15) is 0 Å². The third-order valence-corrected chi connectivity index (χ3v) is 5.23. The van der Waals surface area contributed by atoms with Gasteiger partial charge in [-0.3, -0.25) is 4.84 Å². The molecule has 0 aromatic heterocycles. The molecule has 2 aliphatic heterocycles. The van der Waals surface area contributed by atoms with Crippen molar-refractivity contribution in [3.05, 3.63) is 65.4 Å². The number of hydrogen-bond donors (Lipinski definition) is 1. The zero-order valence-electron chi connectivity index (χ0n) is 17.2. The summed E-state index contributed by atoms with van der Waals surface area (Å²) in [7, 11) is 0. The van der Waals surface area contributed by atoms with Crippen LogP contribution in [-0.4, -0.2) is 22.6 Å². The van der Waals surface area contributed by atoms with Crippen LogP contribution < -0.4 is 5.59 Å². The first-order valence-electron chi connectivity index (χ1n) is 10.2. The van der Waals surface area contributed by atoms with Gasteiger partial charge in [0.05, 0.1) is 24.0 Å². The lowest BCUT2D eigenvalue weighted by atomic mass is 9.99. The number of unbranched alkanes of at least 4 members (excludes halogenated alkanes) is 2. The maximum Gasteiger partial charge on any atom is 0.110 e. The van der Waals surface area contributed by atoms with Crippen molar-refractivity contribution < 1.29 is 4.84 Å². The second kappa shape index (κ2) is 10.4. The zero-order chi connectivity index (χ0) is 20.6. The summed E-state index contributed by atoms with van der Waals surface area (Å²) < 4.78 is 0. The van der Waals surface area contributed by atoms with E-state index in [1.54, 1.807) is 0 Å². The third kappa shape index (κ3) is 5.37. The number of amidine groups is 1. The molecule has 154 valence electrons. The Kier molecular flexibility index (Phi) is 7.67. The largest absolute Gasteiger partial charge is 0.325 e. The molecule has 0 fully saturated rings. The second-order valence-corrected chi connectivity index (χ2v) is 7.56. The molecular formula is C23H29ClN4O. The number of nitrogens with one attached hydrogen (secondary N) is 1. The fourth-order valence-electron chi connectivity index (χ4n) is 3.52. The third-order valence-electron chi connectivity index (χ3n) is 5.09. The molecule has 2 aliphatic rings. The van der Waals surface area contributed by atoms with E-state index in [2.05, 4.69) is 47.3 Å². The number of benzene rings is 1. The summed E-state index contributed by atoms with van der Waals surface area (Å²) in [6.45, 7) is 8.99. The lowest BCUT2D eigenvalue weighted by molar-refractivity contribution is -0.0188. The van der Waals surface area contributed by atoms with E-state index in [1.165, 1.54) is 23.9 Å². The highest BCUT2D eigenvalue weighted by Gasteiger charge is 2.23. The predicted octanol–water partition coefficient (Wildman–Crippen LogP) is 5.95. The minimum absolute atomic E-state index is 0.0948. The van der Waals surface area contributed by atoms with Crippen LogP contribution in [0.4, 0.5) is 5.69 Å². The normalized spacial score (nSPS) is 19.5. The predicted molar refractivity (Wildman–Crippen MR) is 121 cm³/mol. The summed E-state index contributed by atoms with van der Waals surface area (Å²) in [6.07, 6.45) is 10.9. The van der Waals surface area contributed by atoms with Gasteiger partial charge in [-0.15, -0.1) is 0 Å². The van der Waals surface area contributed by atoms with Crippen LogP contribution in [0.15, 0.2) is 64.3 Å². The van der Waals surface area contributed by atoms with Crippen molar-refractivity contribution in [1.29, 1.82) is 0 Å². The first-order valence-corrected chi connectivity index (χ1v) is 10.6. The van der Waals surface area contributed by atoms with Crippen LogP contribution in [0.2, 0.25) is 0 Å². The molecule has 0 spiro atoms. The van der Waals surface area contributed by atoms with Crippen molar-refractivity contribution in [2.75, 3.05) is 0 Å². The summed E-state index contributed by atoms with van der Waals surface area (Å²) in [5.41, 5.74) is 9.45. The van der Waals surface area contributed by atoms with E-state index >= 15 is 0 Å². The van der Waals surface area contributed by atoms with Gasteiger partial charge in [-0.2, -0.15) is 10.7 Å². The van der Waals surface area contributed by atoms with Gasteiger partial charge < -0.3 is 4.90 Å². The minimum Gasteiger partial charge on any atom is -0.325 e. The van der Waals surface area contributed by atoms with Crippen LogP contribution in [0.1, 0.15) is 57.1 Å². The average Bonchev–Trinajstić information content (AvgIpc) is 2.74. The summed E-state index contributed by atoms with van der Waals surface area (Å²) in [6, 6.07) is 6.40. The fraction of sp³-hybridized carbons (Fsp3) is 0.391. The average molecular weight is 413 g/mol. The molecule has 6 heteroatoms. The molecule has 1 unspecified atom stereocenters. The van der Waals surface area contributed by atoms with Gasteiger partial charge in [-0.1, -0.05) is 50.1 Å². The van der Waals surface area contributed by atoms with Crippen molar-refractivity contribution in [2.45, 2.75) is 58.6 Å². The molecule has 0 amide bonds. The van der Waals surface area contributed by atoms with Crippen LogP contribution in [0.5, 0.6) is 0 Å². The highest BCUT2D eigenvalue weighted by molar-refractivity contribution is 6.25. The van der Waals surface area contributed by atoms with Gasteiger partial charge in [0.2, 0.25) is 0 Å². The monoisotopic (exact) mass is 412 g/mol. The van der Waals surface area contributed by atoms with Crippen molar-refractivity contribution in [3.8, 4) is 0 Å². The van der Waals surface area contributed by atoms with Crippen molar-refractivity contribution >= 4 is 28.8 Å². The molecule has 0 saturated heterocycles. The maximum atomic E-state index is 5.73. The number of allylic oxidation sites excluding steroid dienone is 3. The molecule has 1 aromatic rings. The number of fused-ring (bicyclic) bond motifs is 1. The Morgan fingerprint density at radius 2 is 2.28 bits per heavy atom. The molecular weight excluding hydrogens is 384 g/mol. The fourth-order valence-corrected chi connectivity index (χ4v) is 3.60. The topological polar surface area (TPSA) is 49.2 Å². The Labute approximate surface area is 178 Å². The quantitative estimate of drug-likeness (QED) is 0.423. The SMILES string of the molecule is C=C/C(=C\C=C\Cl)N1Cc2ccc(C3=NNOC(C)C3)cc2N=C1CCCCC. The maximum absolute atomic E-state index is 5.73. The van der Waals surface area contributed by atoms with Gasteiger partial charge in [0.25, 0.3) is 0 Å². The van der Waals surface area contributed by atoms with Gasteiger partial charge in [0, 0.05) is 29.6 Å². The van der Waals surface area contributed by atoms with Gasteiger partial charge in [-0.25, -0.2) is 4.99 Å². The number of rotatable bonds is 8. The summed E-state index contributed by atoms with van der Waals surface area (Å²) in [5, 5.41) is 4.31. The Balaban J connectivity index is 1.94. The highest BCUT2D eigenvalue weighted by Crippen LogP contribution is 2.32. The van der Waals surface area contributed by atoms with Gasteiger partial charge in [0.15, 0.2) is 0 Å². The van der Waals surface area contributed by atoms with Crippen LogP contribution in [-0.2, 0) is 11.4 Å². The lowest BCUT2D eigenvalue weighted by Gasteiger charge is -2.32. The molecule has 0 radical (unpaired) electrons. The van der Waals surface area contributed by atoms with E-state index in [0.29, 0.717) is 0 Å². The number of hydrazone groups is 1. The number of hydrogen-bond acceptors (Lipinski definition) is 5. The number of nitrogens with zero attached hydrogens (tertiary/aromatic N) is 3. The molecule has 0 aliphatic carbocycles. The molecule has 2 heterocycles. The Bertz CT molecular complexity index is 856. The van der Waals surface area contributed by atoms with E-state index in [0.717, 1.165) is 54.3 Å². The molecule has 1 N–H and O–H groups in total. The van der Waals surface area contributed by atoms with E-state index in [1.807, 2.05) is 25.2 Å². The zero-order valence-corrected chi connectivity index (χ0v) is 18.0. The highest BCUT2D eigenvalue weighted by atomic mass is 35.5. The summed E-state index contributed by atoms with van der Waals surface area (Å²) in [5.74, 6) is 1.07. The molecule has 1 atom stereocenters. The standard InChI is InChI=1S/C23H29ClN4O/c1-4-6-7-10-23-25-21-15-18(22-14-17(3)29-27-26-22)11-12-19(21)16-28(23)20(5-2)9-8-13-24/h5,8-9,11-13,15,17,27H,2,4,6-7,10,14,16H2,1,3H3/b13-8+,20-9+. The number of aliphatic imine (C=N–C) groups is 1. The molecule has 1 aromatic carbocycles. The molecule has 29 heavy (non-hydrogen) atoms. The minimum atomic E-state index is 0.0948. The molecule has 3 rings (SSSR count). The van der Waals surface area contributed by atoms with E-state index in [-0.39, 0.29) is 6.10 Å². The lowest BCUT2D eigenvalue weighted by Crippen LogP contribution is -2.32. The van der Waals surface area contributed by atoms with Crippen LogP contribution in [0.3, 0.4) is 0 Å². The van der Waals surface area contributed by atoms with Crippen molar-refractivity contribution in [1.82, 2.24) is 10.5 Å². The van der Waals surface area contributed by atoms with Crippen molar-refractivity contribution in [3.63, 3.8) is 0 Å². The Morgan fingerprint density at radius 3 is 3.00 bits per heavy atom. The van der Waals surface area contributed by atoms with Gasteiger partial charge in [-0.05, 0) is 43.2 Å². The van der Waals surface area contributed by atoms with Crippen LogP contribution in [0, 0.1) is 0 Å². The van der Waals surface area contributed by atoms with Crippen molar-refractivity contribution in [2.24, 2.45) is 10.1 Å². The Morgan fingerprint density at radius 1 is 1.41 bits per heavy atom. The molecule has 0 saturated carbocycles. The van der Waals surface area contributed by atoms with Gasteiger partial charge >= 0.3 is 0 Å². The Hall–Kier alpha value is -2.37. The first-order chi connectivity index (χ1) is 14.2. The smallest absolute Gasteiger partial charge is 0.110 e.